The van der Waals surface area contributed by atoms with Crippen LogP contribution in [0.15, 0.2) is 0 Å². The lowest BCUT2D eigenvalue weighted by atomic mass is 9.90. The normalized spacial score (nSPS) is 27.6. The van der Waals surface area contributed by atoms with Crippen LogP contribution in [0.1, 0.15) is 20.3 Å². The van der Waals surface area contributed by atoms with E-state index in [1.54, 1.807) is 18.7 Å². The second-order valence-electron chi connectivity index (χ2n) is 4.33. The number of likely N-dealkylation sites (N-methyl/N-ethyl adjacent to an activating group) is 1. The molecule has 16 heavy (non-hydrogen) atoms. The van der Waals surface area contributed by atoms with Crippen LogP contribution in [0.2, 0.25) is 0 Å². The van der Waals surface area contributed by atoms with Gasteiger partial charge in [-0.25, -0.2) is 4.79 Å². The van der Waals surface area contributed by atoms with Crippen molar-refractivity contribution >= 4 is 6.09 Å². The second-order valence-corrected chi connectivity index (χ2v) is 4.33. The molecule has 0 aromatic heterocycles. The molecule has 1 rings (SSSR count). The average Bonchev–Trinajstić information content (AvgIpc) is 2.28. The van der Waals surface area contributed by atoms with Crippen LogP contribution >= 0.6 is 0 Å². The van der Waals surface area contributed by atoms with Gasteiger partial charge in [-0.1, -0.05) is 0 Å². The summed E-state index contributed by atoms with van der Waals surface area (Å²) in [5, 5.41) is 12.8. The molecule has 0 aromatic rings. The molecule has 5 nitrogen and oxygen atoms in total. The number of nitrogens with zero attached hydrogens (tertiary/aromatic N) is 1. The summed E-state index contributed by atoms with van der Waals surface area (Å²) in [6, 6.07) is 0.234. The monoisotopic (exact) mass is 230 g/mol. The minimum Gasteiger partial charge on any atom is -0.450 e. The number of amides is 1. The molecule has 3 unspecified atom stereocenters. The van der Waals surface area contributed by atoms with Crippen molar-refractivity contribution < 1.29 is 14.6 Å². The Kier molecular flexibility index (Phi) is 5.02. The fraction of sp³-hybridized carbons (Fsp3) is 0.909. The van der Waals surface area contributed by atoms with E-state index in [1.807, 2.05) is 7.05 Å². The number of likely N-dealkylation sites (tertiary alicyclic amines) is 1. The van der Waals surface area contributed by atoms with Crippen LogP contribution in [0.4, 0.5) is 4.79 Å². The topological polar surface area (TPSA) is 61.8 Å². The fourth-order valence-corrected chi connectivity index (χ4v) is 2.06. The predicted molar refractivity (Wildman–Crippen MR) is 61.2 cm³/mol. The Hall–Kier alpha value is -0.810. The fourth-order valence-electron chi connectivity index (χ4n) is 2.06. The van der Waals surface area contributed by atoms with Gasteiger partial charge in [0.25, 0.3) is 0 Å². The maximum atomic E-state index is 11.6. The van der Waals surface area contributed by atoms with E-state index in [9.17, 15) is 9.90 Å². The highest BCUT2D eigenvalue weighted by Gasteiger charge is 2.32. The molecule has 1 amide bonds. The Morgan fingerprint density at radius 3 is 2.81 bits per heavy atom. The van der Waals surface area contributed by atoms with E-state index in [4.69, 9.17) is 4.74 Å². The van der Waals surface area contributed by atoms with Gasteiger partial charge in [-0.2, -0.15) is 0 Å². The molecule has 0 aromatic carbocycles. The van der Waals surface area contributed by atoms with E-state index >= 15 is 0 Å². The lowest BCUT2D eigenvalue weighted by molar-refractivity contribution is 0.0390. The van der Waals surface area contributed by atoms with E-state index in [1.165, 1.54) is 0 Å². The molecule has 0 bridgehead atoms. The number of nitrogens with one attached hydrogen (secondary N) is 1. The standard InChI is InChI=1S/C11H22N2O3/c1-4-16-11(15)13-6-9(8(2)14)5-10(7-13)12-3/h8-10,12,14H,4-7H2,1-3H3. The summed E-state index contributed by atoms with van der Waals surface area (Å²) in [4.78, 5) is 13.3. The summed E-state index contributed by atoms with van der Waals surface area (Å²) in [5.74, 6) is 0.121. The number of aliphatic hydroxyl groups excluding tert-OH is 1. The van der Waals surface area contributed by atoms with Crippen LogP contribution < -0.4 is 5.32 Å². The smallest absolute Gasteiger partial charge is 0.409 e. The quantitative estimate of drug-likeness (QED) is 0.738. The Morgan fingerprint density at radius 1 is 1.62 bits per heavy atom. The van der Waals surface area contributed by atoms with Crippen LogP contribution in [-0.4, -0.2) is 55.0 Å². The molecular weight excluding hydrogens is 208 g/mol. The summed E-state index contributed by atoms with van der Waals surface area (Å²) in [5.41, 5.74) is 0. The molecule has 0 aliphatic carbocycles. The summed E-state index contributed by atoms with van der Waals surface area (Å²) in [6.45, 7) is 5.18. The maximum absolute atomic E-state index is 11.6. The Balaban J connectivity index is 2.60. The van der Waals surface area contributed by atoms with Crippen molar-refractivity contribution in [2.75, 3.05) is 26.7 Å². The molecule has 1 aliphatic heterocycles. The summed E-state index contributed by atoms with van der Waals surface area (Å²) in [6.07, 6.45) is 0.213. The molecule has 5 heteroatoms. The molecule has 1 aliphatic rings. The molecule has 0 saturated carbocycles. The van der Waals surface area contributed by atoms with Crippen LogP contribution in [0.25, 0.3) is 0 Å². The van der Waals surface area contributed by atoms with Crippen molar-refractivity contribution in [3.8, 4) is 0 Å². The van der Waals surface area contributed by atoms with Crippen molar-refractivity contribution in [1.29, 1.82) is 0 Å². The zero-order valence-electron chi connectivity index (χ0n) is 10.3. The molecule has 3 atom stereocenters. The van der Waals surface area contributed by atoms with Gasteiger partial charge < -0.3 is 20.1 Å². The highest BCUT2D eigenvalue weighted by Crippen LogP contribution is 2.20. The largest absolute Gasteiger partial charge is 0.450 e. The predicted octanol–water partition coefficient (Wildman–Crippen LogP) is 0.434. The van der Waals surface area contributed by atoms with Gasteiger partial charge >= 0.3 is 6.09 Å². The van der Waals surface area contributed by atoms with Gasteiger partial charge in [0, 0.05) is 25.0 Å². The number of carbonyl (C=O) groups is 1. The van der Waals surface area contributed by atoms with E-state index in [0.717, 1.165) is 6.42 Å². The van der Waals surface area contributed by atoms with Crippen molar-refractivity contribution in [1.82, 2.24) is 10.2 Å². The molecule has 0 radical (unpaired) electrons. The zero-order chi connectivity index (χ0) is 12.1. The van der Waals surface area contributed by atoms with Gasteiger partial charge in [-0.15, -0.1) is 0 Å². The number of rotatable bonds is 3. The second kappa shape index (κ2) is 6.06. The Labute approximate surface area is 96.8 Å². The number of hydrogen-bond donors (Lipinski definition) is 2. The van der Waals surface area contributed by atoms with Crippen molar-refractivity contribution in [3.63, 3.8) is 0 Å². The maximum Gasteiger partial charge on any atom is 0.409 e. The minimum absolute atomic E-state index is 0.121. The summed E-state index contributed by atoms with van der Waals surface area (Å²) in [7, 11) is 1.87. The van der Waals surface area contributed by atoms with Gasteiger partial charge in [-0.05, 0) is 27.3 Å². The van der Waals surface area contributed by atoms with Crippen molar-refractivity contribution in [3.05, 3.63) is 0 Å². The molecule has 1 heterocycles. The lowest BCUT2D eigenvalue weighted by Gasteiger charge is -2.38. The van der Waals surface area contributed by atoms with Gasteiger partial charge in [0.2, 0.25) is 0 Å². The first kappa shape index (κ1) is 13.3. The van der Waals surface area contributed by atoms with Crippen LogP contribution in [0.3, 0.4) is 0 Å². The van der Waals surface area contributed by atoms with E-state index < -0.39 is 6.10 Å². The van der Waals surface area contributed by atoms with Crippen molar-refractivity contribution in [2.45, 2.75) is 32.4 Å². The number of carbonyl (C=O) groups excluding carboxylic acids is 1. The third kappa shape index (κ3) is 3.35. The van der Waals surface area contributed by atoms with Crippen LogP contribution in [0.5, 0.6) is 0 Å². The van der Waals surface area contributed by atoms with E-state index in [0.29, 0.717) is 19.7 Å². The lowest BCUT2D eigenvalue weighted by Crippen LogP contribution is -2.52. The molecule has 94 valence electrons. The SMILES string of the molecule is CCOC(=O)N1CC(NC)CC(C(C)O)C1. The molecule has 0 spiro atoms. The first-order valence-corrected chi connectivity index (χ1v) is 5.85. The summed E-state index contributed by atoms with van der Waals surface area (Å²) < 4.78 is 4.98. The molecular formula is C11H22N2O3. The van der Waals surface area contributed by atoms with Gasteiger partial charge in [0.05, 0.1) is 12.7 Å². The zero-order valence-corrected chi connectivity index (χ0v) is 10.3. The Bertz CT molecular complexity index is 233. The number of piperidine rings is 1. The average molecular weight is 230 g/mol. The Morgan fingerprint density at radius 2 is 2.31 bits per heavy atom. The number of aliphatic hydroxyl groups is 1. The number of ether oxygens (including phenoxy) is 1. The highest BCUT2D eigenvalue weighted by atomic mass is 16.6. The first-order valence-electron chi connectivity index (χ1n) is 5.85. The first-order chi connectivity index (χ1) is 7.58. The van der Waals surface area contributed by atoms with Crippen LogP contribution in [0, 0.1) is 5.92 Å². The highest BCUT2D eigenvalue weighted by molar-refractivity contribution is 5.67. The number of hydrogen-bond acceptors (Lipinski definition) is 4. The third-order valence-electron chi connectivity index (χ3n) is 3.10. The van der Waals surface area contributed by atoms with Gasteiger partial charge in [0.1, 0.15) is 0 Å². The van der Waals surface area contributed by atoms with E-state index in [2.05, 4.69) is 5.32 Å². The van der Waals surface area contributed by atoms with Crippen LogP contribution in [-0.2, 0) is 4.74 Å². The van der Waals surface area contributed by atoms with Gasteiger partial charge in [-0.3, -0.25) is 0 Å². The molecule has 1 saturated heterocycles. The molecule has 2 N–H and O–H groups in total. The van der Waals surface area contributed by atoms with Gasteiger partial charge in [0.15, 0.2) is 0 Å². The minimum atomic E-state index is -0.395. The van der Waals surface area contributed by atoms with Crippen molar-refractivity contribution in [2.24, 2.45) is 5.92 Å². The summed E-state index contributed by atoms with van der Waals surface area (Å²) >= 11 is 0. The third-order valence-corrected chi connectivity index (χ3v) is 3.10. The molecule has 1 fully saturated rings. The van der Waals surface area contributed by atoms with E-state index in [-0.39, 0.29) is 18.1 Å².